The van der Waals surface area contributed by atoms with Gasteiger partial charge in [0.2, 0.25) is 5.91 Å². The molecule has 1 aliphatic carbocycles. The second-order valence-electron chi connectivity index (χ2n) is 7.27. The van der Waals surface area contributed by atoms with Crippen LogP contribution in [0.25, 0.3) is 0 Å². The van der Waals surface area contributed by atoms with Gasteiger partial charge in [-0.1, -0.05) is 31.0 Å². The van der Waals surface area contributed by atoms with Crippen molar-refractivity contribution in [3.8, 4) is 0 Å². The van der Waals surface area contributed by atoms with Crippen LogP contribution in [0.5, 0.6) is 0 Å². The molecule has 4 rings (SSSR count). The Hall–Kier alpha value is -1.49. The maximum absolute atomic E-state index is 12.9. The van der Waals surface area contributed by atoms with Gasteiger partial charge in [0.15, 0.2) is 0 Å². The lowest BCUT2D eigenvalue weighted by molar-refractivity contribution is -0.126. The summed E-state index contributed by atoms with van der Waals surface area (Å²) in [5.41, 5.74) is 1.80. The van der Waals surface area contributed by atoms with Gasteiger partial charge in [-0.3, -0.25) is 9.59 Å². The molecule has 4 nitrogen and oxygen atoms in total. The van der Waals surface area contributed by atoms with Gasteiger partial charge < -0.3 is 10.2 Å². The number of fused-ring (bicyclic) bond motifs is 3. The number of hydrogen-bond donors (Lipinski definition) is 1. The van der Waals surface area contributed by atoms with E-state index in [2.05, 4.69) is 19.2 Å². The van der Waals surface area contributed by atoms with Crippen molar-refractivity contribution in [3.63, 3.8) is 0 Å². The van der Waals surface area contributed by atoms with Gasteiger partial charge in [-0.25, -0.2) is 0 Å². The number of rotatable bonds is 2. The molecule has 0 radical (unpaired) electrons. The molecule has 1 aromatic carbocycles. The van der Waals surface area contributed by atoms with E-state index >= 15 is 0 Å². The Morgan fingerprint density at radius 1 is 1.26 bits per heavy atom. The molecule has 0 aromatic heterocycles. The highest BCUT2D eigenvalue weighted by Gasteiger charge is 2.57. The highest BCUT2D eigenvalue weighted by Crippen LogP contribution is 2.56. The van der Waals surface area contributed by atoms with E-state index in [9.17, 15) is 9.59 Å². The molecule has 1 saturated carbocycles. The number of benzene rings is 1. The number of thioether (sulfide) groups is 1. The Balaban J connectivity index is 1.64. The molecule has 5 heteroatoms. The average molecular weight is 330 g/mol. The van der Waals surface area contributed by atoms with E-state index in [1.807, 2.05) is 24.3 Å². The van der Waals surface area contributed by atoms with Gasteiger partial charge in [0.05, 0.1) is 0 Å². The molecule has 2 heterocycles. The lowest BCUT2D eigenvalue weighted by Crippen LogP contribution is -2.54. The Bertz CT molecular complexity index is 667. The number of carbonyl (C=O) groups excluding carboxylic acids is 2. The zero-order valence-electron chi connectivity index (χ0n) is 13.5. The number of nitrogens with one attached hydrogen (secondary N) is 1. The van der Waals surface area contributed by atoms with Crippen molar-refractivity contribution < 1.29 is 9.59 Å². The molecule has 1 saturated heterocycles. The molecular formula is C18H22N2O2S. The van der Waals surface area contributed by atoms with Gasteiger partial charge in [-0.15, -0.1) is 11.8 Å². The summed E-state index contributed by atoms with van der Waals surface area (Å²) in [6, 6.07) is 7.62. The minimum atomic E-state index is -0.405. The summed E-state index contributed by atoms with van der Waals surface area (Å²) < 4.78 is -0.281. The van der Waals surface area contributed by atoms with Crippen LogP contribution in [0.3, 0.4) is 0 Å². The molecule has 2 fully saturated rings. The first-order valence-corrected chi connectivity index (χ1v) is 9.27. The lowest BCUT2D eigenvalue weighted by atomic mass is 10.00. The summed E-state index contributed by atoms with van der Waals surface area (Å²) in [4.78, 5) is 27.6. The van der Waals surface area contributed by atoms with Gasteiger partial charge in [0.25, 0.3) is 5.91 Å². The zero-order chi connectivity index (χ0) is 16.2. The second kappa shape index (κ2) is 5.26. The van der Waals surface area contributed by atoms with Crippen LogP contribution in [0.2, 0.25) is 0 Å². The van der Waals surface area contributed by atoms with Gasteiger partial charge in [-0.2, -0.15) is 0 Å². The first-order valence-electron chi connectivity index (χ1n) is 8.39. The molecule has 1 aromatic rings. The van der Waals surface area contributed by atoms with Crippen LogP contribution in [0.1, 0.15) is 60.8 Å². The Labute approximate surface area is 141 Å². The van der Waals surface area contributed by atoms with E-state index in [0.29, 0.717) is 0 Å². The highest BCUT2D eigenvalue weighted by atomic mass is 32.2. The molecule has 1 N–H and O–H groups in total. The largest absolute Gasteiger partial charge is 0.352 e. The van der Waals surface area contributed by atoms with Gasteiger partial charge in [0.1, 0.15) is 11.4 Å². The first-order chi connectivity index (χ1) is 11.0. The number of hydrogen-bond acceptors (Lipinski definition) is 3. The molecule has 2 atom stereocenters. The Morgan fingerprint density at radius 2 is 1.96 bits per heavy atom. The molecule has 23 heavy (non-hydrogen) atoms. The predicted molar refractivity (Wildman–Crippen MR) is 91.2 cm³/mol. The van der Waals surface area contributed by atoms with Crippen molar-refractivity contribution in [1.29, 1.82) is 0 Å². The summed E-state index contributed by atoms with van der Waals surface area (Å²) in [6.45, 7) is 4.15. The van der Waals surface area contributed by atoms with Crippen LogP contribution in [0, 0.1) is 0 Å². The van der Waals surface area contributed by atoms with E-state index in [-0.39, 0.29) is 28.0 Å². The summed E-state index contributed by atoms with van der Waals surface area (Å²) >= 11 is 1.72. The maximum Gasteiger partial charge on any atom is 0.256 e. The predicted octanol–water partition coefficient (Wildman–Crippen LogP) is 3.09. The van der Waals surface area contributed by atoms with E-state index in [1.54, 1.807) is 16.7 Å². The fourth-order valence-electron chi connectivity index (χ4n) is 4.15. The van der Waals surface area contributed by atoms with Crippen LogP contribution in [0.4, 0.5) is 0 Å². The monoisotopic (exact) mass is 330 g/mol. The van der Waals surface area contributed by atoms with E-state index in [4.69, 9.17) is 0 Å². The van der Waals surface area contributed by atoms with Crippen LogP contribution in [0.15, 0.2) is 24.3 Å². The van der Waals surface area contributed by atoms with Crippen molar-refractivity contribution in [2.75, 3.05) is 0 Å². The third kappa shape index (κ3) is 2.28. The van der Waals surface area contributed by atoms with Crippen LogP contribution in [-0.2, 0) is 4.79 Å². The second-order valence-corrected chi connectivity index (χ2v) is 9.00. The quantitative estimate of drug-likeness (QED) is 0.906. The molecular weight excluding hydrogens is 308 g/mol. The fourth-order valence-corrected chi connectivity index (χ4v) is 5.74. The standard InChI is InChI=1S/C18H22N2O2S/c1-18(2)14(15(21)19-11-7-3-4-8-11)20-16(22)12-9-5-6-10-13(12)17(20)23-18/h5-6,9-11,14,17H,3-4,7-8H2,1-2H3,(H,19,21)/t14-,17-/m1/s1. The van der Waals surface area contributed by atoms with Crippen molar-refractivity contribution in [1.82, 2.24) is 10.2 Å². The maximum atomic E-state index is 12.9. The van der Waals surface area contributed by atoms with Crippen molar-refractivity contribution >= 4 is 23.6 Å². The topological polar surface area (TPSA) is 49.4 Å². The minimum Gasteiger partial charge on any atom is -0.352 e. The van der Waals surface area contributed by atoms with E-state index < -0.39 is 6.04 Å². The zero-order valence-corrected chi connectivity index (χ0v) is 14.4. The van der Waals surface area contributed by atoms with Crippen molar-refractivity contribution in [2.45, 2.75) is 61.7 Å². The average Bonchev–Trinajstić information content (AvgIpc) is 3.16. The molecule has 0 spiro atoms. The number of carbonyl (C=O) groups is 2. The Kier molecular flexibility index (Phi) is 3.45. The summed E-state index contributed by atoms with van der Waals surface area (Å²) in [6.07, 6.45) is 4.49. The lowest BCUT2D eigenvalue weighted by Gasteiger charge is -2.30. The highest BCUT2D eigenvalue weighted by molar-refractivity contribution is 8.01. The third-order valence-electron chi connectivity index (χ3n) is 5.25. The van der Waals surface area contributed by atoms with Gasteiger partial charge in [0, 0.05) is 16.4 Å². The van der Waals surface area contributed by atoms with Crippen LogP contribution >= 0.6 is 11.8 Å². The SMILES string of the molecule is CC1(C)S[C@@H]2c3ccccc3C(=O)N2[C@@H]1C(=O)NC1CCCC1. The molecule has 2 aliphatic heterocycles. The van der Waals surface area contributed by atoms with E-state index in [0.717, 1.165) is 24.0 Å². The van der Waals surface area contributed by atoms with Crippen LogP contribution in [-0.4, -0.2) is 33.5 Å². The van der Waals surface area contributed by atoms with Gasteiger partial charge in [-0.05, 0) is 38.3 Å². The molecule has 0 bridgehead atoms. The minimum absolute atomic E-state index is 0.00440. The summed E-state index contributed by atoms with van der Waals surface area (Å²) in [7, 11) is 0. The molecule has 2 amide bonds. The molecule has 0 unspecified atom stereocenters. The first kappa shape index (κ1) is 15.1. The summed E-state index contributed by atoms with van der Waals surface area (Å²) in [5, 5.41) is 3.16. The normalized spacial score (nSPS) is 28.8. The molecule has 3 aliphatic rings. The summed E-state index contributed by atoms with van der Waals surface area (Å²) in [5.74, 6) is 0.00769. The van der Waals surface area contributed by atoms with Crippen molar-refractivity contribution in [3.05, 3.63) is 35.4 Å². The van der Waals surface area contributed by atoms with Crippen LogP contribution < -0.4 is 5.32 Å². The van der Waals surface area contributed by atoms with E-state index in [1.165, 1.54) is 12.8 Å². The molecule has 122 valence electrons. The fraction of sp³-hybridized carbons (Fsp3) is 0.556. The van der Waals surface area contributed by atoms with Crippen molar-refractivity contribution in [2.24, 2.45) is 0 Å². The third-order valence-corrected chi connectivity index (χ3v) is 6.78. The Morgan fingerprint density at radius 3 is 2.70 bits per heavy atom. The van der Waals surface area contributed by atoms with Gasteiger partial charge >= 0.3 is 0 Å². The number of amides is 2. The smallest absolute Gasteiger partial charge is 0.256 e. The number of nitrogens with zero attached hydrogens (tertiary/aromatic N) is 1.